The smallest absolute Gasteiger partial charge is 0.333 e. The van der Waals surface area contributed by atoms with Crippen LogP contribution >= 0.6 is 0 Å². The van der Waals surface area contributed by atoms with Gasteiger partial charge in [-0.1, -0.05) is 0 Å². The van der Waals surface area contributed by atoms with Crippen molar-refractivity contribution in [3.63, 3.8) is 0 Å². The second kappa shape index (κ2) is 7.51. The summed E-state index contributed by atoms with van der Waals surface area (Å²) in [6.07, 6.45) is 0. The zero-order valence-electron chi connectivity index (χ0n) is 14.1. The lowest BCUT2D eigenvalue weighted by atomic mass is 9.92. The molecule has 0 heterocycles. The van der Waals surface area contributed by atoms with Crippen molar-refractivity contribution in [2.45, 2.75) is 12.5 Å². The highest BCUT2D eigenvalue weighted by molar-refractivity contribution is 5.94. The predicted octanol–water partition coefficient (Wildman–Crippen LogP) is 2.72. The molecule has 2 aromatic carbocycles. The van der Waals surface area contributed by atoms with E-state index in [1.165, 1.54) is 38.3 Å². The zero-order chi connectivity index (χ0) is 19.3. The monoisotopic (exact) mass is 359 g/mol. The normalized spacial score (nSPS) is 12.5. The van der Waals surface area contributed by atoms with Crippen LogP contribution in [0, 0.1) is 10.1 Å². The molecule has 3 N–H and O–H groups in total. The van der Waals surface area contributed by atoms with Gasteiger partial charge in [-0.25, -0.2) is 9.59 Å². The predicted molar refractivity (Wildman–Crippen MR) is 93.2 cm³/mol. The van der Waals surface area contributed by atoms with Gasteiger partial charge < -0.3 is 20.5 Å². The van der Waals surface area contributed by atoms with Crippen LogP contribution in [0.15, 0.2) is 48.5 Å². The summed E-state index contributed by atoms with van der Waals surface area (Å²) in [5.41, 5.74) is -1.31. The number of nitrogens with one attached hydrogen (secondary N) is 2. The summed E-state index contributed by atoms with van der Waals surface area (Å²) in [7, 11) is 1.51. The summed E-state index contributed by atoms with van der Waals surface area (Å²) >= 11 is 0. The van der Waals surface area contributed by atoms with Gasteiger partial charge in [0.1, 0.15) is 5.75 Å². The van der Waals surface area contributed by atoms with Gasteiger partial charge in [-0.2, -0.15) is 0 Å². The number of aliphatic carboxylic acids is 1. The molecule has 0 saturated carbocycles. The number of rotatable bonds is 6. The minimum Gasteiger partial charge on any atom is -0.497 e. The van der Waals surface area contributed by atoms with Gasteiger partial charge in [0, 0.05) is 17.8 Å². The molecule has 2 aromatic rings. The Morgan fingerprint density at radius 1 is 1.12 bits per heavy atom. The first kappa shape index (κ1) is 18.7. The van der Waals surface area contributed by atoms with Crippen molar-refractivity contribution in [2.75, 3.05) is 12.4 Å². The molecule has 2 rings (SSSR count). The number of carboxylic acids is 1. The Hall–Kier alpha value is -3.62. The van der Waals surface area contributed by atoms with E-state index in [9.17, 15) is 24.8 Å². The maximum Gasteiger partial charge on any atom is 0.333 e. The Morgan fingerprint density at radius 3 is 2.15 bits per heavy atom. The molecule has 2 amide bonds. The zero-order valence-corrected chi connectivity index (χ0v) is 14.1. The van der Waals surface area contributed by atoms with Crippen molar-refractivity contribution in [2.24, 2.45) is 0 Å². The third-order valence-electron chi connectivity index (χ3n) is 3.79. The van der Waals surface area contributed by atoms with Crippen LogP contribution in [0.4, 0.5) is 16.2 Å². The van der Waals surface area contributed by atoms with Gasteiger partial charge >= 0.3 is 12.0 Å². The van der Waals surface area contributed by atoms with Crippen LogP contribution in [-0.4, -0.2) is 29.1 Å². The Bertz CT molecular complexity index is 819. The van der Waals surface area contributed by atoms with Crippen molar-refractivity contribution in [3.05, 3.63) is 64.2 Å². The van der Waals surface area contributed by atoms with E-state index in [0.717, 1.165) is 0 Å². The molecule has 0 aromatic heterocycles. The van der Waals surface area contributed by atoms with E-state index in [4.69, 9.17) is 4.74 Å². The SMILES string of the molecule is COc1ccc(NC(=O)NC(C)(C(=O)O)c2ccc([N+](=O)[O-])cc2)cc1. The number of methoxy groups -OCH3 is 1. The molecule has 0 radical (unpaired) electrons. The number of ether oxygens (including phenoxy) is 1. The molecule has 0 aliphatic carbocycles. The van der Waals surface area contributed by atoms with Crippen LogP contribution in [0.25, 0.3) is 0 Å². The summed E-state index contributed by atoms with van der Waals surface area (Å²) in [4.78, 5) is 34.1. The number of nitrogens with zero attached hydrogens (tertiary/aromatic N) is 1. The van der Waals surface area contributed by atoms with Crippen molar-refractivity contribution < 1.29 is 24.4 Å². The van der Waals surface area contributed by atoms with Crippen molar-refractivity contribution >= 4 is 23.4 Å². The molecule has 136 valence electrons. The van der Waals surface area contributed by atoms with E-state index in [1.807, 2.05) is 0 Å². The molecule has 26 heavy (non-hydrogen) atoms. The van der Waals surface area contributed by atoms with Gasteiger partial charge in [0.2, 0.25) is 0 Å². The number of carboxylic acid groups (broad SMARTS) is 1. The summed E-state index contributed by atoms with van der Waals surface area (Å²) in [6, 6.07) is 10.7. The molecular weight excluding hydrogens is 342 g/mol. The largest absolute Gasteiger partial charge is 0.497 e. The summed E-state index contributed by atoms with van der Waals surface area (Å²) < 4.78 is 5.02. The van der Waals surface area contributed by atoms with E-state index in [-0.39, 0.29) is 11.3 Å². The molecule has 1 unspecified atom stereocenters. The number of non-ortho nitro benzene ring substituents is 1. The van der Waals surface area contributed by atoms with E-state index < -0.39 is 22.5 Å². The lowest BCUT2D eigenvalue weighted by Crippen LogP contribution is -2.51. The summed E-state index contributed by atoms with van der Waals surface area (Å²) in [5, 5.41) is 25.2. The van der Waals surface area contributed by atoms with Gasteiger partial charge in [-0.05, 0) is 48.9 Å². The summed E-state index contributed by atoms with van der Waals surface area (Å²) in [6.45, 7) is 1.30. The van der Waals surface area contributed by atoms with Crippen LogP contribution in [-0.2, 0) is 10.3 Å². The third-order valence-corrected chi connectivity index (χ3v) is 3.79. The van der Waals surface area contributed by atoms with Crippen LogP contribution in [0.2, 0.25) is 0 Å². The van der Waals surface area contributed by atoms with Crippen LogP contribution < -0.4 is 15.4 Å². The number of carbonyl (C=O) groups is 2. The Balaban J connectivity index is 2.18. The van der Waals surface area contributed by atoms with Crippen LogP contribution in [0.3, 0.4) is 0 Å². The van der Waals surface area contributed by atoms with E-state index in [2.05, 4.69) is 10.6 Å². The highest BCUT2D eigenvalue weighted by atomic mass is 16.6. The number of nitro groups is 1. The first-order chi connectivity index (χ1) is 12.3. The molecular formula is C17H17N3O6. The maximum atomic E-state index is 12.2. The number of urea groups is 1. The number of amides is 2. The van der Waals surface area contributed by atoms with E-state index >= 15 is 0 Å². The average molecular weight is 359 g/mol. The molecule has 0 fully saturated rings. The molecule has 0 aliphatic rings. The van der Waals surface area contributed by atoms with E-state index in [1.54, 1.807) is 24.3 Å². The van der Waals surface area contributed by atoms with Crippen molar-refractivity contribution in [1.82, 2.24) is 5.32 Å². The molecule has 9 nitrogen and oxygen atoms in total. The third kappa shape index (κ3) is 4.07. The molecule has 0 saturated heterocycles. The minimum atomic E-state index is -1.77. The lowest BCUT2D eigenvalue weighted by Gasteiger charge is -2.26. The fourth-order valence-electron chi connectivity index (χ4n) is 2.23. The molecule has 9 heteroatoms. The number of anilines is 1. The number of hydrogen-bond acceptors (Lipinski definition) is 5. The number of nitro benzene ring substituents is 1. The molecule has 1 atom stereocenters. The first-order valence-corrected chi connectivity index (χ1v) is 7.48. The lowest BCUT2D eigenvalue weighted by molar-refractivity contribution is -0.384. The van der Waals surface area contributed by atoms with Crippen LogP contribution in [0.1, 0.15) is 12.5 Å². The van der Waals surface area contributed by atoms with Crippen molar-refractivity contribution in [1.29, 1.82) is 0 Å². The average Bonchev–Trinajstić information content (AvgIpc) is 2.62. The number of benzene rings is 2. The van der Waals surface area contributed by atoms with E-state index in [0.29, 0.717) is 11.4 Å². The van der Waals surface area contributed by atoms with Gasteiger partial charge in [-0.15, -0.1) is 0 Å². The maximum absolute atomic E-state index is 12.2. The highest BCUT2D eigenvalue weighted by Gasteiger charge is 2.37. The standard InChI is InChI=1S/C17H17N3O6/c1-17(15(21)22,11-3-7-13(8-4-11)20(24)25)19-16(23)18-12-5-9-14(26-2)10-6-12/h3-10H,1-2H3,(H,21,22)(H2,18,19,23). The molecule has 0 spiro atoms. The Kier molecular flexibility index (Phi) is 5.41. The minimum absolute atomic E-state index is 0.177. The Labute approximate surface area is 148 Å². The van der Waals surface area contributed by atoms with Gasteiger partial charge in [0.05, 0.1) is 12.0 Å². The van der Waals surface area contributed by atoms with Gasteiger partial charge in [0.25, 0.3) is 5.69 Å². The van der Waals surface area contributed by atoms with Gasteiger partial charge in [-0.3, -0.25) is 10.1 Å². The number of carbonyl (C=O) groups excluding carboxylic acids is 1. The highest BCUT2D eigenvalue weighted by Crippen LogP contribution is 2.24. The second-order valence-electron chi connectivity index (χ2n) is 5.54. The fourth-order valence-corrected chi connectivity index (χ4v) is 2.23. The summed E-state index contributed by atoms with van der Waals surface area (Å²) in [5.74, 6) is -0.701. The van der Waals surface area contributed by atoms with Gasteiger partial charge in [0.15, 0.2) is 5.54 Å². The van der Waals surface area contributed by atoms with Crippen molar-refractivity contribution in [3.8, 4) is 5.75 Å². The molecule has 0 aliphatic heterocycles. The molecule has 0 bridgehead atoms. The second-order valence-corrected chi connectivity index (χ2v) is 5.54. The topological polar surface area (TPSA) is 131 Å². The Morgan fingerprint density at radius 2 is 1.69 bits per heavy atom. The fraction of sp³-hybridized carbons (Fsp3) is 0.176. The number of hydrogen-bond donors (Lipinski definition) is 3. The first-order valence-electron chi connectivity index (χ1n) is 7.48. The quantitative estimate of drug-likeness (QED) is 0.537. The van der Waals surface area contributed by atoms with Crippen LogP contribution in [0.5, 0.6) is 5.75 Å².